The monoisotopic (exact) mass is 656 g/mol. The fourth-order valence-corrected chi connectivity index (χ4v) is 7.66. The highest BCUT2D eigenvalue weighted by Crippen LogP contribution is 2.57. The van der Waals surface area contributed by atoms with Crippen LogP contribution in [-0.4, -0.2) is 76.5 Å². The van der Waals surface area contributed by atoms with Crippen molar-refractivity contribution in [3.8, 4) is 11.6 Å². The second kappa shape index (κ2) is 12.5. The second-order valence-electron chi connectivity index (χ2n) is 15.1. The summed E-state index contributed by atoms with van der Waals surface area (Å²) in [5.41, 5.74) is 0.549. The molecular weight excluding hydrogens is 610 g/mol. The Kier molecular flexibility index (Phi) is 8.84. The minimum Gasteiger partial charge on any atom is -0.497 e. The minimum atomic E-state index is -3.76. The number of rotatable bonds is 3. The first-order chi connectivity index (χ1) is 22.2. The summed E-state index contributed by atoms with van der Waals surface area (Å²) in [6, 6.07) is 1.86. The van der Waals surface area contributed by atoms with Gasteiger partial charge in [-0.15, -0.1) is 0 Å². The topological polar surface area (TPSA) is 120 Å². The van der Waals surface area contributed by atoms with Gasteiger partial charge in [0.15, 0.2) is 17.9 Å². The summed E-state index contributed by atoms with van der Waals surface area (Å²) >= 11 is 0. The molecule has 2 bridgehead atoms. The first kappa shape index (κ1) is 33.3. The molecule has 2 aliphatic heterocycles. The Morgan fingerprint density at radius 1 is 1.06 bits per heavy atom. The lowest BCUT2D eigenvalue weighted by Gasteiger charge is -2.36. The van der Waals surface area contributed by atoms with Crippen molar-refractivity contribution in [2.45, 2.75) is 110 Å². The number of carbonyl (C=O) groups excluding carboxylic acids is 3. The van der Waals surface area contributed by atoms with Gasteiger partial charge in [0.25, 0.3) is 0 Å². The average molecular weight is 657 g/mol. The maximum atomic E-state index is 16.5. The third-order valence-electron chi connectivity index (χ3n) is 10.4. The molecule has 1 aromatic carbocycles. The van der Waals surface area contributed by atoms with Crippen LogP contribution in [0, 0.1) is 29.1 Å². The zero-order valence-corrected chi connectivity index (χ0v) is 28.1. The number of amides is 2. The van der Waals surface area contributed by atoms with Crippen LogP contribution in [-0.2, 0) is 20.7 Å². The van der Waals surface area contributed by atoms with Crippen molar-refractivity contribution in [3.63, 3.8) is 0 Å². The number of fused-ring (bicyclic) bond motifs is 7. The SMILES string of the molecule is COc1ccc2nc3c(nc2c1)OC1CN(C(=O)C(C(C)(C)C)NC(=O)OC2CC4CC4C2CCCCC3)C(C(=O)C(C)C)C1(F)F. The molecule has 2 saturated carbocycles. The van der Waals surface area contributed by atoms with Crippen LogP contribution in [0.3, 0.4) is 0 Å². The van der Waals surface area contributed by atoms with E-state index in [1.54, 1.807) is 39.0 Å². The summed E-state index contributed by atoms with van der Waals surface area (Å²) in [6.07, 6.45) is 2.93. The Morgan fingerprint density at radius 2 is 1.83 bits per heavy atom. The van der Waals surface area contributed by atoms with E-state index in [0.29, 0.717) is 40.7 Å². The van der Waals surface area contributed by atoms with E-state index >= 15 is 8.78 Å². The lowest BCUT2D eigenvalue weighted by Crippen LogP contribution is -2.59. The van der Waals surface area contributed by atoms with Crippen molar-refractivity contribution < 1.29 is 37.4 Å². The van der Waals surface area contributed by atoms with Crippen molar-refractivity contribution >= 4 is 28.8 Å². The Bertz CT molecular complexity index is 1540. The molecule has 256 valence electrons. The number of aromatic nitrogens is 2. The van der Waals surface area contributed by atoms with E-state index in [0.717, 1.165) is 43.4 Å². The van der Waals surface area contributed by atoms with E-state index < -0.39 is 59.8 Å². The van der Waals surface area contributed by atoms with Gasteiger partial charge in [0.2, 0.25) is 11.8 Å². The number of ether oxygens (including phenoxy) is 3. The number of hydrogen-bond acceptors (Lipinski definition) is 8. The van der Waals surface area contributed by atoms with E-state index in [1.807, 2.05) is 0 Å². The number of alkyl carbamates (subject to hydrolysis) is 1. The Morgan fingerprint density at radius 3 is 2.53 bits per heavy atom. The number of alkyl halides is 2. The van der Waals surface area contributed by atoms with E-state index in [2.05, 4.69) is 10.3 Å². The molecule has 2 aromatic rings. The van der Waals surface area contributed by atoms with Crippen LogP contribution in [0.5, 0.6) is 11.6 Å². The fraction of sp³-hybridized carbons (Fsp3) is 0.686. The number of halogens is 2. The third-order valence-corrected chi connectivity index (χ3v) is 10.4. The standard InChI is InChI=1S/C35H46F2N4O6/c1-18(2)28(42)30-35(36,37)27-17-41(30)32(43)29(34(3,4)5)40-33(44)46-26-15-19-14-22(19)21(26)10-8-7-9-11-24-31(47-27)39-25-16-20(45-6)12-13-23(25)38-24/h12-13,16,18-19,21-22,26-27,29-30H,7-11,14-15,17H2,1-6H3,(H,40,44). The van der Waals surface area contributed by atoms with Gasteiger partial charge >= 0.3 is 12.0 Å². The number of benzene rings is 1. The molecule has 7 unspecified atom stereocenters. The smallest absolute Gasteiger partial charge is 0.408 e. The van der Waals surface area contributed by atoms with Crippen LogP contribution in [0.15, 0.2) is 18.2 Å². The van der Waals surface area contributed by atoms with Gasteiger partial charge in [-0.05, 0) is 67.4 Å². The van der Waals surface area contributed by atoms with E-state index in [9.17, 15) is 14.4 Å². The number of Topliss-reactive ketones (excluding diaryl/α,β-unsaturated/α-hetero) is 1. The largest absolute Gasteiger partial charge is 0.497 e. The normalized spacial score (nSPS) is 31.1. The summed E-state index contributed by atoms with van der Waals surface area (Å²) in [6.45, 7) is 7.68. The van der Waals surface area contributed by atoms with Crippen LogP contribution in [0.25, 0.3) is 11.0 Å². The highest BCUT2D eigenvalue weighted by molar-refractivity contribution is 5.95. The van der Waals surface area contributed by atoms with Crippen molar-refractivity contribution in [1.82, 2.24) is 20.2 Å². The number of nitrogens with one attached hydrogen (secondary N) is 1. The number of carbonyl (C=O) groups is 3. The highest BCUT2D eigenvalue weighted by Gasteiger charge is 2.64. The molecule has 4 aliphatic rings. The number of ketones is 1. The molecular formula is C35H46F2N4O6. The molecule has 2 amide bonds. The van der Waals surface area contributed by atoms with Gasteiger partial charge in [-0.25, -0.2) is 14.8 Å². The first-order valence-electron chi connectivity index (χ1n) is 16.9. The molecule has 3 heterocycles. The molecule has 1 aromatic heterocycles. The van der Waals surface area contributed by atoms with Crippen molar-refractivity contribution in [1.29, 1.82) is 0 Å². The summed E-state index contributed by atoms with van der Waals surface area (Å²) in [4.78, 5) is 51.3. The van der Waals surface area contributed by atoms with Gasteiger partial charge in [0.05, 0.1) is 24.7 Å². The van der Waals surface area contributed by atoms with Crippen LogP contribution >= 0.6 is 0 Å². The number of methoxy groups -OCH3 is 1. The molecule has 1 N–H and O–H groups in total. The maximum absolute atomic E-state index is 16.5. The van der Waals surface area contributed by atoms with Crippen LogP contribution in [0.1, 0.15) is 78.8 Å². The summed E-state index contributed by atoms with van der Waals surface area (Å²) in [7, 11) is 1.52. The molecule has 2 aliphatic carbocycles. The van der Waals surface area contributed by atoms with Gasteiger partial charge in [0, 0.05) is 12.0 Å². The van der Waals surface area contributed by atoms with Crippen LogP contribution in [0.4, 0.5) is 13.6 Å². The zero-order chi connectivity index (χ0) is 33.8. The number of nitrogens with zero attached hydrogens (tertiary/aromatic N) is 3. The summed E-state index contributed by atoms with van der Waals surface area (Å²) in [5, 5.41) is 2.72. The van der Waals surface area contributed by atoms with Crippen LogP contribution in [0.2, 0.25) is 0 Å². The van der Waals surface area contributed by atoms with Gasteiger partial charge < -0.3 is 24.4 Å². The maximum Gasteiger partial charge on any atom is 0.408 e. The van der Waals surface area contributed by atoms with Gasteiger partial charge in [-0.3, -0.25) is 9.59 Å². The van der Waals surface area contributed by atoms with Gasteiger partial charge in [-0.1, -0.05) is 47.5 Å². The Balaban J connectivity index is 1.41. The predicted molar refractivity (Wildman–Crippen MR) is 169 cm³/mol. The molecule has 1 saturated heterocycles. The Labute approximate surface area is 274 Å². The molecule has 0 spiro atoms. The van der Waals surface area contributed by atoms with Crippen molar-refractivity contribution in [2.75, 3.05) is 13.7 Å². The highest BCUT2D eigenvalue weighted by atomic mass is 19.3. The fourth-order valence-electron chi connectivity index (χ4n) is 7.66. The average Bonchev–Trinajstić information content (AvgIpc) is 3.61. The number of aryl methyl sites for hydroxylation is 1. The van der Waals surface area contributed by atoms with E-state index in [1.165, 1.54) is 21.0 Å². The van der Waals surface area contributed by atoms with E-state index in [-0.39, 0.29) is 17.9 Å². The number of hydrogen-bond donors (Lipinski definition) is 1. The molecule has 47 heavy (non-hydrogen) atoms. The van der Waals surface area contributed by atoms with Gasteiger partial charge in [0.1, 0.15) is 23.6 Å². The quantitative estimate of drug-likeness (QED) is 0.445. The van der Waals surface area contributed by atoms with Crippen molar-refractivity contribution in [3.05, 3.63) is 23.9 Å². The molecule has 0 radical (unpaired) electrons. The lowest BCUT2D eigenvalue weighted by atomic mass is 9.85. The predicted octanol–water partition coefficient (Wildman–Crippen LogP) is 5.74. The molecule has 7 atom stereocenters. The van der Waals surface area contributed by atoms with Gasteiger partial charge in [-0.2, -0.15) is 8.78 Å². The third kappa shape index (κ3) is 6.48. The molecule has 3 fully saturated rings. The zero-order valence-electron chi connectivity index (χ0n) is 28.1. The molecule has 6 rings (SSSR count). The van der Waals surface area contributed by atoms with Crippen LogP contribution < -0.4 is 14.8 Å². The minimum absolute atomic E-state index is 0.0488. The Hall–Kier alpha value is -3.57. The van der Waals surface area contributed by atoms with E-state index in [4.69, 9.17) is 19.2 Å². The summed E-state index contributed by atoms with van der Waals surface area (Å²) in [5.74, 6) is -4.33. The second-order valence-corrected chi connectivity index (χ2v) is 15.1. The first-order valence-corrected chi connectivity index (χ1v) is 16.9. The lowest BCUT2D eigenvalue weighted by molar-refractivity contribution is -0.152. The molecule has 10 nitrogen and oxygen atoms in total. The summed E-state index contributed by atoms with van der Waals surface area (Å²) < 4.78 is 50.3. The van der Waals surface area contributed by atoms with Crippen molar-refractivity contribution in [2.24, 2.45) is 29.1 Å². The molecule has 12 heteroatoms.